The SMILES string of the molecule is CC(=O)Oc1ccc(N)cc1. The molecule has 3 heteroatoms. The van der Waals surface area contributed by atoms with Crippen LogP contribution in [-0.4, -0.2) is 5.97 Å². The minimum Gasteiger partial charge on any atom is -0.427 e. The average Bonchev–Trinajstić information content (AvgIpc) is 1.93. The molecule has 58 valence electrons. The van der Waals surface area contributed by atoms with Crippen LogP contribution in [0.5, 0.6) is 5.75 Å². The van der Waals surface area contributed by atoms with Crippen molar-refractivity contribution >= 4 is 11.7 Å². The van der Waals surface area contributed by atoms with E-state index in [9.17, 15) is 4.79 Å². The van der Waals surface area contributed by atoms with Crippen LogP contribution in [0.3, 0.4) is 0 Å². The number of carbonyl (C=O) groups is 1. The molecule has 0 saturated carbocycles. The Morgan fingerprint density at radius 2 is 1.91 bits per heavy atom. The Hall–Kier alpha value is -1.51. The molecule has 0 aliphatic rings. The van der Waals surface area contributed by atoms with Crippen LogP contribution in [0.25, 0.3) is 0 Å². The maximum absolute atomic E-state index is 10.4. The summed E-state index contributed by atoms with van der Waals surface area (Å²) in [6.45, 7) is 1.36. The third-order valence-corrected chi connectivity index (χ3v) is 1.14. The highest BCUT2D eigenvalue weighted by atomic mass is 16.5. The second-order valence-corrected chi connectivity index (χ2v) is 2.16. The maximum Gasteiger partial charge on any atom is 0.308 e. The van der Waals surface area contributed by atoms with Crippen LogP contribution in [0.2, 0.25) is 0 Å². The first kappa shape index (κ1) is 7.60. The highest BCUT2D eigenvalue weighted by Crippen LogP contribution is 2.12. The summed E-state index contributed by atoms with van der Waals surface area (Å²) < 4.78 is 4.77. The molecule has 1 rings (SSSR count). The Balaban J connectivity index is 2.74. The van der Waals surface area contributed by atoms with Gasteiger partial charge < -0.3 is 10.5 Å². The van der Waals surface area contributed by atoms with Crippen LogP contribution < -0.4 is 10.5 Å². The minimum absolute atomic E-state index is 0.324. The van der Waals surface area contributed by atoms with Gasteiger partial charge in [-0.3, -0.25) is 4.79 Å². The van der Waals surface area contributed by atoms with Crippen molar-refractivity contribution in [2.75, 3.05) is 5.73 Å². The molecule has 11 heavy (non-hydrogen) atoms. The van der Waals surface area contributed by atoms with Gasteiger partial charge in [-0.2, -0.15) is 0 Å². The topological polar surface area (TPSA) is 52.3 Å². The largest absolute Gasteiger partial charge is 0.427 e. The van der Waals surface area contributed by atoms with Gasteiger partial charge in [0.2, 0.25) is 0 Å². The molecule has 3 nitrogen and oxygen atoms in total. The molecule has 0 aliphatic heterocycles. The number of anilines is 1. The second-order valence-electron chi connectivity index (χ2n) is 2.16. The van der Waals surface area contributed by atoms with E-state index in [1.54, 1.807) is 24.3 Å². The molecule has 0 fully saturated rings. The Morgan fingerprint density at radius 3 is 2.36 bits per heavy atom. The van der Waals surface area contributed by atoms with E-state index in [2.05, 4.69) is 0 Å². The van der Waals surface area contributed by atoms with Gasteiger partial charge in [0, 0.05) is 12.6 Å². The number of nitrogens with two attached hydrogens (primary N) is 1. The van der Waals surface area contributed by atoms with Gasteiger partial charge in [0.25, 0.3) is 0 Å². The summed E-state index contributed by atoms with van der Waals surface area (Å²) in [6.07, 6.45) is 0. The van der Waals surface area contributed by atoms with Crippen LogP contribution >= 0.6 is 0 Å². The Kier molecular flexibility index (Phi) is 2.11. The van der Waals surface area contributed by atoms with Gasteiger partial charge in [0.05, 0.1) is 0 Å². The lowest BCUT2D eigenvalue weighted by molar-refractivity contribution is -0.131. The third-order valence-electron chi connectivity index (χ3n) is 1.14. The molecule has 0 bridgehead atoms. The number of esters is 1. The van der Waals surface area contributed by atoms with Gasteiger partial charge in [-0.1, -0.05) is 0 Å². The molecule has 0 aliphatic carbocycles. The molecule has 0 heterocycles. The highest BCUT2D eigenvalue weighted by molar-refractivity contribution is 5.69. The van der Waals surface area contributed by atoms with Gasteiger partial charge in [-0.15, -0.1) is 0 Å². The van der Waals surface area contributed by atoms with Crippen molar-refractivity contribution in [3.63, 3.8) is 0 Å². The van der Waals surface area contributed by atoms with Crippen LogP contribution in [0.15, 0.2) is 24.3 Å². The maximum atomic E-state index is 10.4. The predicted molar refractivity (Wildman–Crippen MR) is 42.2 cm³/mol. The van der Waals surface area contributed by atoms with E-state index >= 15 is 0 Å². The van der Waals surface area contributed by atoms with Crippen LogP contribution in [0.4, 0.5) is 5.69 Å². The van der Waals surface area contributed by atoms with E-state index in [1.165, 1.54) is 6.92 Å². The summed E-state index contributed by atoms with van der Waals surface area (Å²) in [5.74, 6) is 0.196. The molecule has 0 aromatic heterocycles. The molecule has 0 unspecified atom stereocenters. The fourth-order valence-corrected chi connectivity index (χ4v) is 0.702. The number of benzene rings is 1. The summed E-state index contributed by atoms with van der Waals surface area (Å²) in [7, 11) is 0. The predicted octanol–water partition coefficient (Wildman–Crippen LogP) is 1.19. The van der Waals surface area contributed by atoms with Crippen LogP contribution in [0.1, 0.15) is 6.92 Å². The summed E-state index contributed by atoms with van der Waals surface area (Å²) in [6, 6.07) is 6.66. The molecule has 0 atom stereocenters. The van der Waals surface area contributed by atoms with Gasteiger partial charge in [-0.25, -0.2) is 0 Å². The third kappa shape index (κ3) is 2.29. The first-order chi connectivity index (χ1) is 5.18. The number of rotatable bonds is 1. The van der Waals surface area contributed by atoms with Crippen molar-refractivity contribution in [2.24, 2.45) is 0 Å². The van der Waals surface area contributed by atoms with E-state index < -0.39 is 0 Å². The monoisotopic (exact) mass is 151 g/mol. The van der Waals surface area contributed by atoms with Crippen molar-refractivity contribution in [3.05, 3.63) is 24.3 Å². The zero-order chi connectivity index (χ0) is 8.27. The standard InChI is InChI=1S/C8H9NO2/c1-6(10)11-8-4-2-7(9)3-5-8/h2-5H,9H2,1H3. The zero-order valence-electron chi connectivity index (χ0n) is 6.20. The van der Waals surface area contributed by atoms with Crippen LogP contribution in [-0.2, 0) is 4.79 Å². The minimum atomic E-state index is -0.324. The Bertz CT molecular complexity index is 253. The molecule has 0 amide bonds. The quantitative estimate of drug-likeness (QED) is 0.372. The van der Waals surface area contributed by atoms with Gasteiger partial charge in [0.1, 0.15) is 5.75 Å². The molecular weight excluding hydrogens is 142 g/mol. The van der Waals surface area contributed by atoms with Gasteiger partial charge >= 0.3 is 5.97 Å². The summed E-state index contributed by atoms with van der Waals surface area (Å²) in [4.78, 5) is 10.4. The molecular formula is C8H9NO2. The average molecular weight is 151 g/mol. The van der Waals surface area contributed by atoms with E-state index in [0.717, 1.165) is 0 Å². The first-order valence-electron chi connectivity index (χ1n) is 3.22. The lowest BCUT2D eigenvalue weighted by atomic mass is 10.3. The molecule has 2 N–H and O–H groups in total. The molecule has 0 spiro atoms. The van der Waals surface area contributed by atoms with E-state index in [1.807, 2.05) is 0 Å². The molecule has 1 aromatic rings. The van der Waals surface area contributed by atoms with Crippen LogP contribution in [0, 0.1) is 0 Å². The van der Waals surface area contributed by atoms with Gasteiger partial charge in [-0.05, 0) is 24.3 Å². The molecule has 1 aromatic carbocycles. The number of hydrogen-bond acceptors (Lipinski definition) is 3. The van der Waals surface area contributed by atoms with E-state index in [-0.39, 0.29) is 5.97 Å². The van der Waals surface area contributed by atoms with Crippen molar-refractivity contribution < 1.29 is 9.53 Å². The fraction of sp³-hybridized carbons (Fsp3) is 0.125. The first-order valence-corrected chi connectivity index (χ1v) is 3.22. The summed E-state index contributed by atoms with van der Waals surface area (Å²) in [5, 5.41) is 0. The highest BCUT2D eigenvalue weighted by Gasteiger charge is 1.95. The fourth-order valence-electron chi connectivity index (χ4n) is 0.702. The van der Waals surface area contributed by atoms with Gasteiger partial charge in [0.15, 0.2) is 0 Å². The summed E-state index contributed by atoms with van der Waals surface area (Å²) in [5.41, 5.74) is 6.07. The lowest BCUT2D eigenvalue weighted by Crippen LogP contribution is -2.00. The smallest absolute Gasteiger partial charge is 0.308 e. The molecule has 0 radical (unpaired) electrons. The normalized spacial score (nSPS) is 9.18. The second kappa shape index (κ2) is 3.05. The van der Waals surface area contributed by atoms with Crippen molar-refractivity contribution in [2.45, 2.75) is 6.92 Å². The number of nitrogen functional groups attached to an aromatic ring is 1. The number of ether oxygens (including phenoxy) is 1. The Labute approximate surface area is 64.8 Å². The van der Waals surface area contributed by atoms with Crippen molar-refractivity contribution in [1.82, 2.24) is 0 Å². The number of hydrogen-bond donors (Lipinski definition) is 1. The van der Waals surface area contributed by atoms with Crippen molar-refractivity contribution in [1.29, 1.82) is 0 Å². The van der Waals surface area contributed by atoms with E-state index in [0.29, 0.717) is 11.4 Å². The zero-order valence-corrected chi connectivity index (χ0v) is 6.20. The summed E-state index contributed by atoms with van der Waals surface area (Å²) >= 11 is 0. The molecule has 0 saturated heterocycles. The van der Waals surface area contributed by atoms with E-state index in [4.69, 9.17) is 10.5 Å². The van der Waals surface area contributed by atoms with Crippen molar-refractivity contribution in [3.8, 4) is 5.75 Å². The Morgan fingerprint density at radius 1 is 1.36 bits per heavy atom. The lowest BCUT2D eigenvalue weighted by Gasteiger charge is -1.99. The number of carbonyl (C=O) groups excluding carboxylic acids is 1.